The summed E-state index contributed by atoms with van der Waals surface area (Å²) in [5, 5.41) is 13.4. The first-order valence-corrected chi connectivity index (χ1v) is 5.41. The fraction of sp³-hybridized carbons (Fsp3) is 0.444. The molecule has 82 valence electrons. The number of aryl methyl sites for hydroxylation is 1. The molecule has 1 rings (SSSR count). The molecule has 2 N–H and O–H groups in total. The number of carbonyl (C=O) groups excluding carboxylic acids is 1. The maximum atomic E-state index is 11.2. The second-order valence-corrected chi connectivity index (χ2v) is 3.88. The van der Waals surface area contributed by atoms with E-state index in [-0.39, 0.29) is 18.9 Å². The molecule has 0 aliphatic carbocycles. The van der Waals surface area contributed by atoms with Gasteiger partial charge in [0.05, 0.1) is 17.1 Å². The van der Waals surface area contributed by atoms with Gasteiger partial charge in [-0.1, -0.05) is 6.92 Å². The summed E-state index contributed by atoms with van der Waals surface area (Å²) < 4.78 is 0. The number of rotatable bonds is 5. The molecule has 0 aromatic carbocycles. The fourth-order valence-corrected chi connectivity index (χ4v) is 1.74. The molecule has 1 amide bonds. The Labute approximate surface area is 91.1 Å². The van der Waals surface area contributed by atoms with Gasteiger partial charge in [-0.05, 0) is 6.42 Å². The van der Waals surface area contributed by atoms with Crippen LogP contribution in [0.2, 0.25) is 0 Å². The van der Waals surface area contributed by atoms with E-state index in [4.69, 9.17) is 5.11 Å². The van der Waals surface area contributed by atoms with Crippen molar-refractivity contribution in [3.63, 3.8) is 0 Å². The van der Waals surface area contributed by atoms with Crippen molar-refractivity contribution in [3.8, 4) is 0 Å². The Morgan fingerprint density at radius 3 is 2.87 bits per heavy atom. The van der Waals surface area contributed by atoms with E-state index in [0.29, 0.717) is 5.69 Å². The third-order valence-corrected chi connectivity index (χ3v) is 2.72. The quantitative estimate of drug-likeness (QED) is 0.766. The van der Waals surface area contributed by atoms with E-state index in [1.54, 1.807) is 0 Å². The Morgan fingerprint density at radius 2 is 2.33 bits per heavy atom. The summed E-state index contributed by atoms with van der Waals surface area (Å²) in [6.45, 7) is 1.65. The fourth-order valence-electron chi connectivity index (χ4n) is 0.994. The van der Waals surface area contributed by atoms with Crippen LogP contribution < -0.4 is 5.32 Å². The summed E-state index contributed by atoms with van der Waals surface area (Å²) in [6.07, 6.45) is 0.991. The van der Waals surface area contributed by atoms with Crippen LogP contribution in [-0.4, -0.2) is 28.5 Å². The van der Waals surface area contributed by atoms with Crippen molar-refractivity contribution < 1.29 is 14.7 Å². The van der Waals surface area contributed by atoms with Gasteiger partial charge in [-0.2, -0.15) is 0 Å². The zero-order valence-electron chi connectivity index (χ0n) is 8.32. The first kappa shape index (κ1) is 11.6. The average Bonchev–Trinajstić information content (AvgIpc) is 2.62. The van der Waals surface area contributed by atoms with Crippen LogP contribution in [0.15, 0.2) is 5.38 Å². The summed E-state index contributed by atoms with van der Waals surface area (Å²) in [4.78, 5) is 25.6. The Balaban J connectivity index is 2.40. The lowest BCUT2D eigenvalue weighted by Gasteiger charge is -1.99. The Hall–Kier alpha value is -1.43. The number of amides is 1. The summed E-state index contributed by atoms with van der Waals surface area (Å²) >= 11 is 1.51. The van der Waals surface area contributed by atoms with Gasteiger partial charge in [0.25, 0.3) is 0 Å². The summed E-state index contributed by atoms with van der Waals surface area (Å²) in [5.74, 6) is -1.36. The number of carboxylic acids is 1. The molecule has 5 nitrogen and oxygen atoms in total. The van der Waals surface area contributed by atoms with Gasteiger partial charge >= 0.3 is 5.97 Å². The van der Waals surface area contributed by atoms with Crippen LogP contribution in [-0.2, 0) is 22.4 Å². The highest BCUT2D eigenvalue weighted by atomic mass is 32.1. The van der Waals surface area contributed by atoms with E-state index >= 15 is 0 Å². The van der Waals surface area contributed by atoms with E-state index < -0.39 is 5.97 Å². The molecular formula is C9H12N2O3S. The standard InChI is InChI=1S/C9H12N2O3S/c1-2-8-11-6(5-15-8)3-7(12)10-4-9(13)14/h5H,2-4H2,1H3,(H,10,12)(H,13,14). The number of carbonyl (C=O) groups is 2. The van der Waals surface area contributed by atoms with Crippen molar-refractivity contribution in [2.45, 2.75) is 19.8 Å². The number of aromatic nitrogens is 1. The number of hydrogen-bond acceptors (Lipinski definition) is 4. The lowest BCUT2D eigenvalue weighted by atomic mass is 10.3. The van der Waals surface area contributed by atoms with Crippen LogP contribution in [0.4, 0.5) is 0 Å². The molecule has 0 bridgehead atoms. The van der Waals surface area contributed by atoms with E-state index in [1.807, 2.05) is 12.3 Å². The molecule has 0 radical (unpaired) electrons. The van der Waals surface area contributed by atoms with E-state index in [1.165, 1.54) is 11.3 Å². The number of nitrogens with zero attached hydrogens (tertiary/aromatic N) is 1. The molecule has 6 heteroatoms. The molecule has 0 saturated carbocycles. The molecule has 0 atom stereocenters. The van der Waals surface area contributed by atoms with E-state index in [2.05, 4.69) is 10.3 Å². The van der Waals surface area contributed by atoms with Crippen molar-refractivity contribution in [1.82, 2.24) is 10.3 Å². The number of aliphatic carboxylic acids is 1. The minimum Gasteiger partial charge on any atom is -0.480 e. The van der Waals surface area contributed by atoms with E-state index in [9.17, 15) is 9.59 Å². The largest absolute Gasteiger partial charge is 0.480 e. The second kappa shape index (κ2) is 5.45. The molecule has 0 aliphatic heterocycles. The van der Waals surface area contributed by atoms with Crippen molar-refractivity contribution in [3.05, 3.63) is 16.1 Å². The molecule has 15 heavy (non-hydrogen) atoms. The Bertz CT molecular complexity index is 362. The smallest absolute Gasteiger partial charge is 0.322 e. The van der Waals surface area contributed by atoms with Crippen LogP contribution in [0.25, 0.3) is 0 Å². The molecule has 0 spiro atoms. The van der Waals surface area contributed by atoms with E-state index in [0.717, 1.165) is 11.4 Å². The highest BCUT2D eigenvalue weighted by Gasteiger charge is 2.07. The zero-order valence-corrected chi connectivity index (χ0v) is 9.13. The van der Waals surface area contributed by atoms with Gasteiger partial charge in [0.2, 0.25) is 5.91 Å². The second-order valence-electron chi connectivity index (χ2n) is 2.93. The number of hydrogen-bond donors (Lipinski definition) is 2. The minimum absolute atomic E-state index is 0.143. The highest BCUT2D eigenvalue weighted by molar-refractivity contribution is 7.09. The van der Waals surface area contributed by atoms with Crippen LogP contribution >= 0.6 is 11.3 Å². The first-order valence-electron chi connectivity index (χ1n) is 4.53. The molecular weight excluding hydrogens is 216 g/mol. The van der Waals surface area contributed by atoms with Crippen molar-refractivity contribution in [1.29, 1.82) is 0 Å². The Morgan fingerprint density at radius 1 is 1.60 bits per heavy atom. The third-order valence-electron chi connectivity index (χ3n) is 1.68. The first-order chi connectivity index (χ1) is 7.11. The molecule has 0 fully saturated rings. The molecule has 1 aromatic rings. The van der Waals surface area contributed by atoms with Gasteiger partial charge in [-0.15, -0.1) is 11.3 Å². The minimum atomic E-state index is -1.05. The van der Waals surface area contributed by atoms with Crippen molar-refractivity contribution in [2.75, 3.05) is 6.54 Å². The molecule has 0 unspecified atom stereocenters. The van der Waals surface area contributed by atoms with Crippen molar-refractivity contribution in [2.24, 2.45) is 0 Å². The maximum absolute atomic E-state index is 11.2. The number of thiazole rings is 1. The summed E-state index contributed by atoms with van der Waals surface area (Å²) in [7, 11) is 0. The average molecular weight is 228 g/mol. The third kappa shape index (κ3) is 4.07. The SMILES string of the molecule is CCc1nc(CC(=O)NCC(=O)O)cs1. The molecule has 0 saturated heterocycles. The topological polar surface area (TPSA) is 79.3 Å². The van der Waals surface area contributed by atoms with Crippen LogP contribution in [0.5, 0.6) is 0 Å². The molecule has 0 aliphatic rings. The zero-order chi connectivity index (χ0) is 11.3. The normalized spacial score (nSPS) is 9.93. The van der Waals surface area contributed by atoms with Gasteiger partial charge in [0.15, 0.2) is 0 Å². The van der Waals surface area contributed by atoms with Gasteiger partial charge in [0.1, 0.15) is 6.54 Å². The predicted molar refractivity (Wildman–Crippen MR) is 55.8 cm³/mol. The summed E-state index contributed by atoms with van der Waals surface area (Å²) in [5.41, 5.74) is 0.694. The lowest BCUT2D eigenvalue weighted by Crippen LogP contribution is -2.30. The van der Waals surface area contributed by atoms with Crippen molar-refractivity contribution >= 4 is 23.2 Å². The van der Waals surface area contributed by atoms with Gasteiger partial charge in [-0.25, -0.2) is 4.98 Å². The number of nitrogens with one attached hydrogen (secondary N) is 1. The van der Waals surface area contributed by atoms with Gasteiger partial charge < -0.3 is 10.4 Å². The maximum Gasteiger partial charge on any atom is 0.322 e. The van der Waals surface area contributed by atoms with Gasteiger partial charge in [0, 0.05) is 5.38 Å². The Kier molecular flexibility index (Phi) is 4.23. The van der Waals surface area contributed by atoms with Crippen LogP contribution in [0.1, 0.15) is 17.6 Å². The molecule has 1 aromatic heterocycles. The predicted octanol–water partition coefficient (Wildman–Crippen LogP) is 0.449. The lowest BCUT2D eigenvalue weighted by molar-refractivity contribution is -0.137. The monoisotopic (exact) mass is 228 g/mol. The highest BCUT2D eigenvalue weighted by Crippen LogP contribution is 2.10. The molecule has 1 heterocycles. The van der Waals surface area contributed by atoms with Crippen LogP contribution in [0, 0.1) is 0 Å². The van der Waals surface area contributed by atoms with Crippen LogP contribution in [0.3, 0.4) is 0 Å². The summed E-state index contributed by atoms with van der Waals surface area (Å²) in [6, 6.07) is 0. The number of carboxylic acid groups (broad SMARTS) is 1. The van der Waals surface area contributed by atoms with Gasteiger partial charge in [-0.3, -0.25) is 9.59 Å².